The van der Waals surface area contributed by atoms with Crippen molar-refractivity contribution in [1.29, 1.82) is 0 Å². The molecular formula is C32H46CoN2O6. The maximum atomic E-state index is 10.6. The Morgan fingerprint density at radius 3 is 1.27 bits per heavy atom. The fraction of sp³-hybridized carbons (Fsp3) is 0.500. The van der Waals surface area contributed by atoms with Crippen LogP contribution in [0.25, 0.3) is 0 Å². The summed E-state index contributed by atoms with van der Waals surface area (Å²) in [5.41, 5.74) is 5.96. The summed E-state index contributed by atoms with van der Waals surface area (Å²) < 4.78 is 0. The number of nitrogens with zero attached hydrogens (tertiary/aromatic N) is 2. The summed E-state index contributed by atoms with van der Waals surface area (Å²) in [6, 6.07) is 8.27. The summed E-state index contributed by atoms with van der Waals surface area (Å²) in [5, 5.41) is 39.0. The molecule has 2 N–H and O–H groups in total. The largest absolute Gasteiger partial charge is 2.00 e. The molecular weight excluding hydrogens is 567 g/mol. The third-order valence-corrected chi connectivity index (χ3v) is 5.60. The first kappa shape index (κ1) is 40.0. The summed E-state index contributed by atoms with van der Waals surface area (Å²) in [5.74, 6) is -0.997. The van der Waals surface area contributed by atoms with E-state index < -0.39 is 11.9 Å². The van der Waals surface area contributed by atoms with Crippen molar-refractivity contribution in [3.8, 4) is 11.5 Å². The van der Waals surface area contributed by atoms with E-state index in [0.717, 1.165) is 61.8 Å². The maximum absolute atomic E-state index is 10.6. The van der Waals surface area contributed by atoms with E-state index >= 15 is 0 Å². The van der Waals surface area contributed by atoms with E-state index in [1.165, 1.54) is 11.1 Å². The number of carboxylic acid groups (broad SMARTS) is 2. The van der Waals surface area contributed by atoms with Gasteiger partial charge in [0, 0.05) is 35.5 Å². The van der Waals surface area contributed by atoms with Crippen LogP contribution in [0.2, 0.25) is 0 Å². The number of hydrogen-bond acceptors (Lipinski definition) is 8. The molecule has 0 amide bonds. The quantitative estimate of drug-likeness (QED) is 0.286. The molecule has 1 radical (unpaired) electrons. The number of aryl methyl sites for hydroxylation is 2. The van der Waals surface area contributed by atoms with Crippen molar-refractivity contribution in [2.75, 3.05) is 13.1 Å². The van der Waals surface area contributed by atoms with Gasteiger partial charge >= 0.3 is 16.8 Å². The van der Waals surface area contributed by atoms with Crippen LogP contribution in [-0.2, 0) is 39.2 Å². The second-order valence-corrected chi connectivity index (χ2v) is 10.1. The number of benzene rings is 2. The molecule has 8 nitrogen and oxygen atoms in total. The Kier molecular flexibility index (Phi) is 21.0. The van der Waals surface area contributed by atoms with Gasteiger partial charge in [0.25, 0.3) is 0 Å². The first-order chi connectivity index (χ1) is 18.7. The van der Waals surface area contributed by atoms with Gasteiger partial charge in [-0.2, -0.15) is 0 Å². The Morgan fingerprint density at radius 1 is 0.732 bits per heavy atom. The van der Waals surface area contributed by atoms with Crippen LogP contribution < -0.4 is 10.2 Å². The van der Waals surface area contributed by atoms with Gasteiger partial charge in [0.2, 0.25) is 0 Å². The average molecular weight is 614 g/mol. The molecule has 0 bridgehead atoms. The number of carbonyl (C=O) groups excluding carboxylic acids is 2. The smallest absolute Gasteiger partial charge is 0.550 e. The molecule has 0 aliphatic heterocycles. The van der Waals surface area contributed by atoms with Gasteiger partial charge in [-0.15, -0.1) is 0 Å². The van der Waals surface area contributed by atoms with E-state index in [2.05, 4.69) is 63.7 Å². The minimum Gasteiger partial charge on any atom is -0.550 e. The number of carbonyl (C=O) groups is 2. The van der Waals surface area contributed by atoms with E-state index in [1.807, 2.05) is 12.1 Å². The predicted molar refractivity (Wildman–Crippen MR) is 159 cm³/mol. The number of rotatable bonds is 11. The average Bonchev–Trinajstić information content (AvgIpc) is 2.83. The summed E-state index contributed by atoms with van der Waals surface area (Å²) in [4.78, 5) is 26.8. The van der Waals surface area contributed by atoms with Gasteiger partial charge in [-0.1, -0.05) is 66.5 Å². The molecule has 2 rings (SSSR count). The zero-order chi connectivity index (χ0) is 30.8. The number of aliphatic imine (C=N–C) groups is 2. The van der Waals surface area contributed by atoms with Crippen molar-refractivity contribution in [3.05, 3.63) is 57.6 Å². The number of phenolic OH excluding ortho intramolecular Hbond substituents is 2. The molecule has 2 aromatic carbocycles. The van der Waals surface area contributed by atoms with Crippen LogP contribution in [0.4, 0.5) is 0 Å². The van der Waals surface area contributed by atoms with Crippen molar-refractivity contribution >= 4 is 24.4 Å². The Morgan fingerprint density at radius 2 is 1.02 bits per heavy atom. The summed E-state index contributed by atoms with van der Waals surface area (Å²) in [6.07, 6.45) is 7.63. The minimum atomic E-state index is -1.08. The van der Waals surface area contributed by atoms with Crippen LogP contribution in [0.3, 0.4) is 0 Å². The molecule has 0 atom stereocenters. The summed E-state index contributed by atoms with van der Waals surface area (Å²) >= 11 is 0. The van der Waals surface area contributed by atoms with Gasteiger partial charge in [0.05, 0.1) is 13.1 Å². The van der Waals surface area contributed by atoms with E-state index in [-0.39, 0.29) is 28.6 Å². The molecule has 2 aromatic rings. The summed E-state index contributed by atoms with van der Waals surface area (Å²) in [7, 11) is 0. The SMILES string of the molecule is CC(=O)[O-].CC(=O)[O-].CCCc1cc(C=NCCN=Cc2cc(CCC)cc(C(C)C)c2O)c(O)c(C(C)C)c1.[Co+2]. The van der Waals surface area contributed by atoms with E-state index in [1.54, 1.807) is 12.4 Å². The van der Waals surface area contributed by atoms with Gasteiger partial charge < -0.3 is 30.0 Å². The van der Waals surface area contributed by atoms with Crippen molar-refractivity contribution in [2.45, 2.75) is 92.9 Å². The Labute approximate surface area is 255 Å². The Balaban J connectivity index is 0. The second kappa shape index (κ2) is 21.6. The van der Waals surface area contributed by atoms with Gasteiger partial charge in [-0.05, 0) is 72.9 Å². The van der Waals surface area contributed by atoms with Gasteiger partial charge in [0.15, 0.2) is 0 Å². The fourth-order valence-corrected chi connectivity index (χ4v) is 3.87. The number of phenols is 2. The van der Waals surface area contributed by atoms with E-state index in [0.29, 0.717) is 24.6 Å². The number of carboxylic acids is 2. The molecule has 0 fully saturated rings. The third-order valence-electron chi connectivity index (χ3n) is 5.60. The zero-order valence-electron chi connectivity index (χ0n) is 25.6. The van der Waals surface area contributed by atoms with Crippen LogP contribution in [-0.4, -0.2) is 47.7 Å². The van der Waals surface area contributed by atoms with Crippen molar-refractivity contribution < 1.29 is 46.8 Å². The fourth-order valence-electron chi connectivity index (χ4n) is 3.87. The van der Waals surface area contributed by atoms with Crippen LogP contribution in [0, 0.1) is 0 Å². The third kappa shape index (κ3) is 16.6. The normalized spacial score (nSPS) is 10.7. The van der Waals surface area contributed by atoms with Crippen LogP contribution in [0.15, 0.2) is 34.3 Å². The molecule has 0 spiro atoms. The Bertz CT molecular complexity index is 1050. The molecule has 41 heavy (non-hydrogen) atoms. The molecule has 0 aliphatic rings. The van der Waals surface area contributed by atoms with Gasteiger partial charge in [0.1, 0.15) is 11.5 Å². The second-order valence-electron chi connectivity index (χ2n) is 10.1. The van der Waals surface area contributed by atoms with Crippen molar-refractivity contribution in [3.63, 3.8) is 0 Å². The van der Waals surface area contributed by atoms with Crippen LogP contribution in [0.1, 0.15) is 113 Å². The topological polar surface area (TPSA) is 145 Å². The van der Waals surface area contributed by atoms with Gasteiger partial charge in [-0.25, -0.2) is 0 Å². The van der Waals surface area contributed by atoms with Crippen LogP contribution >= 0.6 is 0 Å². The van der Waals surface area contributed by atoms with Gasteiger partial charge in [-0.3, -0.25) is 9.98 Å². The minimum absolute atomic E-state index is 0. The molecule has 9 heteroatoms. The van der Waals surface area contributed by atoms with Crippen molar-refractivity contribution in [1.82, 2.24) is 0 Å². The predicted octanol–water partition coefficient (Wildman–Crippen LogP) is 4.30. The van der Waals surface area contributed by atoms with Crippen molar-refractivity contribution in [2.24, 2.45) is 9.98 Å². The molecule has 229 valence electrons. The first-order valence-corrected chi connectivity index (χ1v) is 13.8. The number of aromatic hydroxyl groups is 2. The molecule has 0 saturated heterocycles. The molecule has 0 aliphatic carbocycles. The zero-order valence-corrected chi connectivity index (χ0v) is 26.7. The van der Waals surface area contributed by atoms with Crippen LogP contribution in [0.5, 0.6) is 11.5 Å². The standard InChI is InChI=1S/C28H40N2O2.2C2H4O2.Co/c1-7-9-21-13-23(27(31)25(15-21)19(3)4)17-29-11-12-30-18-24-14-22(10-8-2)16-26(20(5)6)28(24)32;2*1-2(3)4;/h13-20,31-32H,7-12H2,1-6H3;2*1H3,(H,3,4);/q;;;+2/p-2. The maximum Gasteiger partial charge on any atom is 2.00 e. The summed E-state index contributed by atoms with van der Waals surface area (Å²) in [6.45, 7) is 15.7. The monoisotopic (exact) mass is 613 g/mol. The van der Waals surface area contributed by atoms with E-state index in [4.69, 9.17) is 19.8 Å². The Hall–Kier alpha value is -3.17. The first-order valence-electron chi connectivity index (χ1n) is 13.8. The van der Waals surface area contributed by atoms with E-state index in [9.17, 15) is 10.2 Å². The number of hydrogen-bond donors (Lipinski definition) is 2. The number of aliphatic carboxylic acids is 2. The molecule has 0 saturated carbocycles. The molecule has 0 unspecified atom stereocenters. The molecule has 0 heterocycles. The molecule has 0 aromatic heterocycles.